The van der Waals surface area contributed by atoms with Crippen LogP contribution in [0, 0.1) is 0 Å². The van der Waals surface area contributed by atoms with E-state index in [0.717, 1.165) is 23.8 Å². The first-order valence-electron chi connectivity index (χ1n) is 11.1. The Morgan fingerprint density at radius 3 is 2.56 bits per heavy atom. The van der Waals surface area contributed by atoms with Gasteiger partial charge in [0.25, 0.3) is 5.56 Å². The van der Waals surface area contributed by atoms with Crippen molar-refractivity contribution in [1.82, 2.24) is 14.6 Å². The summed E-state index contributed by atoms with van der Waals surface area (Å²) < 4.78 is 51.4. The Balaban J connectivity index is 1.80. The van der Waals surface area contributed by atoms with Gasteiger partial charge in [-0.15, -0.1) is 0 Å². The molecular weight excluding hydrogens is 500 g/mol. The van der Waals surface area contributed by atoms with E-state index in [1.807, 2.05) is 4.98 Å². The number of benzene rings is 1. The number of carbonyl (C=O) groups excluding carboxylic acids is 1. The fourth-order valence-corrected chi connectivity index (χ4v) is 4.97. The maximum absolute atomic E-state index is 15.4. The zero-order valence-corrected chi connectivity index (χ0v) is 21.0. The number of H-pyrrole nitrogens is 1. The van der Waals surface area contributed by atoms with Crippen molar-refractivity contribution in [2.24, 2.45) is 0 Å². The zero-order chi connectivity index (χ0) is 26.7. The number of aliphatic hydroxyl groups excluding tert-OH is 1. The molecule has 1 aliphatic heterocycles. The van der Waals surface area contributed by atoms with Crippen LogP contribution in [0.15, 0.2) is 52.2 Å². The molecule has 0 bridgehead atoms. The first kappa shape index (κ1) is 27.8. The molecule has 12 nitrogen and oxygen atoms in total. The van der Waals surface area contributed by atoms with Crippen molar-refractivity contribution < 1.29 is 37.4 Å². The Bertz CT molecular complexity index is 1220. The minimum Gasteiger partial charge on any atom is -0.462 e. The van der Waals surface area contributed by atoms with Crippen LogP contribution in [0.1, 0.15) is 33.9 Å². The lowest BCUT2D eigenvalue weighted by molar-refractivity contribution is -0.149. The predicted molar refractivity (Wildman–Crippen MR) is 125 cm³/mol. The van der Waals surface area contributed by atoms with Crippen LogP contribution in [0.2, 0.25) is 0 Å². The quantitative estimate of drug-likeness (QED) is 0.305. The molecule has 6 atom stereocenters. The topological polar surface area (TPSA) is 158 Å². The number of nitrogens with one attached hydrogen (secondary N) is 2. The third-order valence-corrected chi connectivity index (χ3v) is 6.90. The number of nitrogens with zero attached hydrogens (tertiary/aromatic N) is 1. The highest BCUT2D eigenvalue weighted by atomic mass is 31.2. The third-order valence-electron chi connectivity index (χ3n) is 5.26. The van der Waals surface area contributed by atoms with Gasteiger partial charge in [-0.05, 0) is 39.8 Å². The summed E-state index contributed by atoms with van der Waals surface area (Å²) in [5, 5.41) is 13.0. The standard InChI is InChI=1S/C22H29FN3O9P/c1-13(2)33-19(29)14(3)25-36(31,35-15-8-6-5-7-9-15)32-12-16-18(28)22(4,23)20(34-16)26-11-10-17(27)24-21(26)30/h5-11,13-14,16,18,20,28H,12H2,1-4H3,(H,25,31)(H,24,27,30)/t14-,16+,18?,20+,22+,36+/m0/s1. The van der Waals surface area contributed by atoms with Gasteiger partial charge in [-0.25, -0.2) is 13.8 Å². The van der Waals surface area contributed by atoms with E-state index in [0.29, 0.717) is 0 Å². The van der Waals surface area contributed by atoms with Crippen LogP contribution >= 0.6 is 7.75 Å². The summed E-state index contributed by atoms with van der Waals surface area (Å²) in [6.07, 6.45) is -4.21. The minimum absolute atomic E-state index is 0.152. The molecular formula is C22H29FN3O9P. The van der Waals surface area contributed by atoms with Gasteiger partial charge >= 0.3 is 19.4 Å². The highest BCUT2D eigenvalue weighted by molar-refractivity contribution is 7.52. The Morgan fingerprint density at radius 1 is 1.28 bits per heavy atom. The molecule has 14 heteroatoms. The maximum atomic E-state index is 15.4. The molecule has 2 heterocycles. The molecule has 1 aromatic carbocycles. The van der Waals surface area contributed by atoms with Gasteiger partial charge in [0.1, 0.15) is 24.0 Å². The fraction of sp³-hybridized carbons (Fsp3) is 0.500. The minimum atomic E-state index is -4.30. The number of carbonyl (C=O) groups is 1. The molecule has 0 saturated carbocycles. The Kier molecular flexibility index (Phi) is 8.52. The van der Waals surface area contributed by atoms with Crippen molar-refractivity contribution >= 4 is 13.7 Å². The second kappa shape index (κ2) is 11.1. The third kappa shape index (κ3) is 6.48. The SMILES string of the molecule is CC(C)OC(=O)[C@H](C)N[P@@](=O)(OC[C@H]1O[C@@H](n2ccc(=O)[nH]c2=O)[C@](C)(F)C1O)Oc1ccccc1. The number of esters is 1. The molecule has 0 radical (unpaired) electrons. The highest BCUT2D eigenvalue weighted by Crippen LogP contribution is 2.47. The molecule has 198 valence electrons. The summed E-state index contributed by atoms with van der Waals surface area (Å²) in [6, 6.07) is 7.86. The number of hydrogen-bond donors (Lipinski definition) is 3. The Hall–Kier alpha value is -2.83. The van der Waals surface area contributed by atoms with Crippen LogP contribution < -0.4 is 20.9 Å². The first-order chi connectivity index (χ1) is 16.8. The number of alkyl halides is 1. The number of hydrogen-bond acceptors (Lipinski definition) is 9. The van der Waals surface area contributed by atoms with Gasteiger partial charge < -0.3 is 19.1 Å². The fourth-order valence-electron chi connectivity index (χ4n) is 3.47. The number of aliphatic hydroxyl groups is 1. The van der Waals surface area contributed by atoms with Crippen LogP contribution in [0.25, 0.3) is 0 Å². The molecule has 3 N–H and O–H groups in total. The molecule has 1 unspecified atom stereocenters. The van der Waals surface area contributed by atoms with E-state index in [1.165, 1.54) is 19.1 Å². The predicted octanol–water partition coefficient (Wildman–Crippen LogP) is 1.66. The van der Waals surface area contributed by atoms with Crippen LogP contribution in [0.4, 0.5) is 4.39 Å². The number of aromatic amines is 1. The van der Waals surface area contributed by atoms with E-state index in [-0.39, 0.29) is 5.75 Å². The molecule has 1 fully saturated rings. The van der Waals surface area contributed by atoms with E-state index in [4.69, 9.17) is 18.5 Å². The molecule has 36 heavy (non-hydrogen) atoms. The first-order valence-corrected chi connectivity index (χ1v) is 12.7. The molecule has 1 aliphatic rings. The normalized spacial score (nSPS) is 26.4. The average molecular weight is 529 g/mol. The lowest BCUT2D eigenvalue weighted by Gasteiger charge is -2.25. The van der Waals surface area contributed by atoms with Gasteiger partial charge in [-0.2, -0.15) is 5.09 Å². The van der Waals surface area contributed by atoms with Gasteiger partial charge in [0.2, 0.25) is 0 Å². The van der Waals surface area contributed by atoms with E-state index in [1.54, 1.807) is 32.0 Å². The largest absolute Gasteiger partial charge is 0.462 e. The summed E-state index contributed by atoms with van der Waals surface area (Å²) in [4.78, 5) is 37.7. The van der Waals surface area contributed by atoms with Crippen molar-refractivity contribution in [2.45, 2.75) is 63.9 Å². The van der Waals surface area contributed by atoms with Crippen molar-refractivity contribution in [3.05, 3.63) is 63.4 Å². The average Bonchev–Trinajstić information content (AvgIpc) is 3.01. The summed E-state index contributed by atoms with van der Waals surface area (Å²) in [5.41, 5.74) is -4.12. The van der Waals surface area contributed by atoms with E-state index >= 15 is 4.39 Å². The van der Waals surface area contributed by atoms with E-state index < -0.39 is 67.8 Å². The summed E-state index contributed by atoms with van der Waals surface area (Å²) in [5.74, 6) is -0.560. The van der Waals surface area contributed by atoms with Gasteiger partial charge in [-0.1, -0.05) is 18.2 Å². The molecule has 3 rings (SSSR count). The van der Waals surface area contributed by atoms with Crippen LogP contribution in [0.3, 0.4) is 0 Å². The monoisotopic (exact) mass is 529 g/mol. The molecule has 0 amide bonds. The van der Waals surface area contributed by atoms with E-state index in [9.17, 15) is 24.1 Å². The van der Waals surface area contributed by atoms with Gasteiger partial charge in [0.15, 0.2) is 11.9 Å². The summed E-state index contributed by atoms with van der Waals surface area (Å²) >= 11 is 0. The molecule has 1 saturated heterocycles. The molecule has 0 spiro atoms. The van der Waals surface area contributed by atoms with Gasteiger partial charge in [0, 0.05) is 12.3 Å². The summed E-state index contributed by atoms with van der Waals surface area (Å²) in [6.45, 7) is 5.07. The second-order valence-electron chi connectivity index (χ2n) is 8.67. The molecule has 1 aromatic heterocycles. The zero-order valence-electron chi connectivity index (χ0n) is 20.1. The maximum Gasteiger partial charge on any atom is 0.459 e. The number of aromatic nitrogens is 2. The number of halogens is 1. The van der Waals surface area contributed by atoms with Crippen LogP contribution in [-0.2, 0) is 23.4 Å². The van der Waals surface area contributed by atoms with Gasteiger partial charge in [0.05, 0.1) is 12.7 Å². The Morgan fingerprint density at radius 2 is 1.94 bits per heavy atom. The lowest BCUT2D eigenvalue weighted by Crippen LogP contribution is -2.43. The lowest BCUT2D eigenvalue weighted by atomic mass is 9.98. The van der Waals surface area contributed by atoms with Crippen molar-refractivity contribution in [3.63, 3.8) is 0 Å². The highest BCUT2D eigenvalue weighted by Gasteiger charge is 2.55. The van der Waals surface area contributed by atoms with Crippen molar-refractivity contribution in [2.75, 3.05) is 6.61 Å². The molecule has 0 aliphatic carbocycles. The Labute approximate surface area is 205 Å². The molecule has 2 aromatic rings. The van der Waals surface area contributed by atoms with Crippen LogP contribution in [-0.4, -0.2) is 57.3 Å². The van der Waals surface area contributed by atoms with Crippen molar-refractivity contribution in [3.8, 4) is 5.75 Å². The number of ether oxygens (including phenoxy) is 2. The number of para-hydroxylation sites is 1. The van der Waals surface area contributed by atoms with Crippen molar-refractivity contribution in [1.29, 1.82) is 0 Å². The van der Waals surface area contributed by atoms with Gasteiger partial charge in [-0.3, -0.25) is 23.7 Å². The second-order valence-corrected chi connectivity index (χ2v) is 10.4. The summed E-state index contributed by atoms with van der Waals surface area (Å²) in [7, 11) is -4.30. The van der Waals surface area contributed by atoms with Crippen LogP contribution in [0.5, 0.6) is 5.75 Å². The van der Waals surface area contributed by atoms with E-state index in [2.05, 4.69) is 5.09 Å². The number of rotatable bonds is 10. The smallest absolute Gasteiger partial charge is 0.459 e.